The van der Waals surface area contributed by atoms with Crippen LogP contribution < -0.4 is 0 Å². The zero-order chi connectivity index (χ0) is 85.7. The fourth-order valence-electron chi connectivity index (χ4n) is 15.6. The van der Waals surface area contributed by atoms with E-state index in [1.165, 1.54) is 161 Å². The second-order valence-electron chi connectivity index (χ2n) is 34.1. The Labute approximate surface area is 704 Å². The zero-order valence-electron chi connectivity index (χ0n) is 73.3. The molecule has 20 atom stereocenters. The van der Waals surface area contributed by atoms with E-state index < -0.39 is 162 Å². The maximum atomic E-state index is 14.9. The third kappa shape index (κ3) is 49.3. The SMILES string of the molecule is CCCCCCCC/C=C\CCCCCC(=O)OCC1OC(OC2C(OC(=O)CCCCCCCCC(C)CCCCCCCC)C(O)C(O)C(OC3OC(CO)C(O)C(O)C3O)C2OP(=O)(O)OCC(COC(=O)CCCCCCCCC(C)CCCCCCCC)OC(=O)CCCCC/C=C\CCCCCCCC)C(O)C(O)C1O. The van der Waals surface area contributed by atoms with Gasteiger partial charge in [0.25, 0.3) is 0 Å². The van der Waals surface area contributed by atoms with Gasteiger partial charge in [-0.3, -0.25) is 28.2 Å². The zero-order valence-corrected chi connectivity index (χ0v) is 74.2. The van der Waals surface area contributed by atoms with Crippen LogP contribution in [0, 0.1) is 11.8 Å². The van der Waals surface area contributed by atoms with E-state index in [0.29, 0.717) is 56.8 Å². The van der Waals surface area contributed by atoms with Gasteiger partial charge >= 0.3 is 31.7 Å². The van der Waals surface area contributed by atoms with Crippen molar-refractivity contribution in [1.82, 2.24) is 0 Å². The van der Waals surface area contributed by atoms with Crippen LogP contribution in [0.4, 0.5) is 0 Å². The first-order chi connectivity index (χ1) is 56.5. The third-order valence-corrected chi connectivity index (χ3v) is 24.2. The molecule has 3 fully saturated rings. The molecule has 20 unspecified atom stereocenters. The highest BCUT2D eigenvalue weighted by Crippen LogP contribution is 2.49. The lowest BCUT2D eigenvalue weighted by Crippen LogP contribution is -2.70. The highest BCUT2D eigenvalue weighted by atomic mass is 31.2. The van der Waals surface area contributed by atoms with E-state index >= 15 is 0 Å². The highest BCUT2D eigenvalue weighted by Gasteiger charge is 2.60. The van der Waals surface area contributed by atoms with Gasteiger partial charge in [-0.1, -0.05) is 310 Å². The second-order valence-corrected chi connectivity index (χ2v) is 35.5. The van der Waals surface area contributed by atoms with Gasteiger partial charge in [0.1, 0.15) is 92.6 Å². The number of rotatable bonds is 74. The lowest BCUT2D eigenvalue weighted by atomic mass is 9.84. The Kier molecular flexibility index (Phi) is 63.1. The Morgan fingerprint density at radius 2 is 0.692 bits per heavy atom. The van der Waals surface area contributed by atoms with Crippen molar-refractivity contribution in [3.8, 4) is 0 Å². The van der Waals surface area contributed by atoms with Gasteiger partial charge in [0.05, 0.1) is 13.2 Å². The molecular formula is C91H167O25P. The minimum atomic E-state index is -5.82. The van der Waals surface area contributed by atoms with Crippen molar-refractivity contribution in [1.29, 1.82) is 0 Å². The molecule has 26 heteroatoms. The molecule has 10 N–H and O–H groups in total. The summed E-state index contributed by atoms with van der Waals surface area (Å²) in [6.45, 7) is 10.2. The number of hydrogen-bond acceptors (Lipinski definition) is 24. The van der Waals surface area contributed by atoms with Crippen molar-refractivity contribution in [2.24, 2.45) is 11.8 Å². The van der Waals surface area contributed by atoms with E-state index in [1.807, 2.05) is 0 Å². The molecule has 2 saturated heterocycles. The predicted molar refractivity (Wildman–Crippen MR) is 453 cm³/mol. The molecule has 1 aliphatic carbocycles. The van der Waals surface area contributed by atoms with Crippen LogP contribution in [0.25, 0.3) is 0 Å². The summed E-state index contributed by atoms with van der Waals surface area (Å²) in [6, 6.07) is 0. The number of phosphoric acid groups is 1. The number of carbonyl (C=O) groups is 4. The predicted octanol–water partition coefficient (Wildman–Crippen LogP) is 17.0. The van der Waals surface area contributed by atoms with Gasteiger partial charge in [-0.05, 0) is 88.9 Å². The molecule has 2 heterocycles. The summed E-state index contributed by atoms with van der Waals surface area (Å²) in [5.74, 6) is -1.69. The fourth-order valence-corrected chi connectivity index (χ4v) is 16.5. The van der Waals surface area contributed by atoms with E-state index in [1.54, 1.807) is 0 Å². The molecule has 3 rings (SSSR count). The summed E-state index contributed by atoms with van der Waals surface area (Å²) >= 11 is 0. The number of unbranched alkanes of at least 4 members (excludes halogenated alkanes) is 38. The summed E-state index contributed by atoms with van der Waals surface area (Å²) in [5, 5.41) is 102. The van der Waals surface area contributed by atoms with Crippen LogP contribution in [0.2, 0.25) is 0 Å². The summed E-state index contributed by atoms with van der Waals surface area (Å²) in [5.41, 5.74) is 0. The summed E-state index contributed by atoms with van der Waals surface area (Å²) in [7, 11) is -5.82. The van der Waals surface area contributed by atoms with Gasteiger partial charge in [0, 0.05) is 25.7 Å². The van der Waals surface area contributed by atoms with Crippen molar-refractivity contribution < 1.29 is 122 Å². The Hall–Kier alpha value is -3.05. The van der Waals surface area contributed by atoms with Crippen LogP contribution in [0.3, 0.4) is 0 Å². The van der Waals surface area contributed by atoms with Crippen LogP contribution in [-0.2, 0) is 70.7 Å². The van der Waals surface area contributed by atoms with E-state index in [0.717, 1.165) is 116 Å². The van der Waals surface area contributed by atoms with Crippen LogP contribution >= 0.6 is 7.82 Å². The number of aliphatic hydroxyl groups is 9. The van der Waals surface area contributed by atoms with Gasteiger partial charge in [-0.2, -0.15) is 0 Å². The van der Waals surface area contributed by atoms with Crippen molar-refractivity contribution in [3.63, 3.8) is 0 Å². The molecule has 117 heavy (non-hydrogen) atoms. The van der Waals surface area contributed by atoms with Crippen molar-refractivity contribution in [2.45, 2.75) is 492 Å². The maximum Gasteiger partial charge on any atom is 0.472 e. The van der Waals surface area contributed by atoms with Gasteiger partial charge < -0.3 is 88.7 Å². The van der Waals surface area contributed by atoms with Crippen LogP contribution in [0.5, 0.6) is 0 Å². The number of aliphatic hydroxyl groups excluding tert-OH is 9. The minimum absolute atomic E-state index is 0.00715. The summed E-state index contributed by atoms with van der Waals surface area (Å²) in [4.78, 5) is 66.5. The lowest BCUT2D eigenvalue weighted by Gasteiger charge is -2.50. The molecule has 0 spiro atoms. The third-order valence-electron chi connectivity index (χ3n) is 23.2. The van der Waals surface area contributed by atoms with Crippen molar-refractivity contribution >= 4 is 31.7 Å². The molecule has 0 bridgehead atoms. The Bertz CT molecular complexity index is 2570. The fraction of sp³-hybridized carbons (Fsp3) is 0.912. The van der Waals surface area contributed by atoms with Gasteiger partial charge in [-0.25, -0.2) is 4.57 Å². The van der Waals surface area contributed by atoms with Gasteiger partial charge in [0.2, 0.25) is 0 Å². The van der Waals surface area contributed by atoms with E-state index in [4.69, 9.17) is 46.9 Å². The quantitative estimate of drug-likeness (QED) is 0.00889. The topological polar surface area (TPSA) is 380 Å². The molecule has 1 saturated carbocycles. The number of esters is 4. The molecule has 686 valence electrons. The van der Waals surface area contributed by atoms with Crippen molar-refractivity contribution in [2.75, 3.05) is 26.4 Å². The summed E-state index contributed by atoms with van der Waals surface area (Å²) < 4.78 is 73.4. The normalized spacial score (nSPS) is 25.7. The smallest absolute Gasteiger partial charge is 0.463 e. The van der Waals surface area contributed by atoms with Gasteiger partial charge in [0.15, 0.2) is 24.8 Å². The van der Waals surface area contributed by atoms with Crippen LogP contribution in [-0.4, -0.2) is 205 Å². The van der Waals surface area contributed by atoms with E-state index in [2.05, 4.69) is 65.8 Å². The van der Waals surface area contributed by atoms with E-state index in [-0.39, 0.29) is 25.7 Å². The van der Waals surface area contributed by atoms with Crippen molar-refractivity contribution in [3.05, 3.63) is 24.3 Å². The first-order valence-corrected chi connectivity index (χ1v) is 48.3. The Morgan fingerprint density at radius 3 is 1.11 bits per heavy atom. The largest absolute Gasteiger partial charge is 0.472 e. The number of allylic oxidation sites excluding steroid dienone is 4. The molecule has 3 aliphatic rings. The molecule has 2 aliphatic heterocycles. The van der Waals surface area contributed by atoms with Crippen LogP contribution in [0.15, 0.2) is 24.3 Å². The standard InChI is InChI=1S/C91H167O25P/c1-7-11-15-19-23-25-27-29-31-33-35-45-54-62-75(94)108-68-73-79(98)81(100)85(104)91(112-73)115-88-86(113-77(96)64-56-48-40-38-44-52-60-70(6)58-50-42-22-18-14-10-4)82(101)83(102)87(114-90-84(103)80(99)78(97)72(65-92)111-90)89(88)116-117(105,106)109-67-71(110-76(95)63-55-47-36-34-32-30-28-26-24-20-16-12-8-2)66-107-74(93)61-53-46-39-37-43-51-59-69(5)57-49-41-21-17-13-9-3/h29-32,69-73,78-92,97-104H,7-28,33-68H2,1-6H3,(H,105,106)/b31-29-,32-30-. The first-order valence-electron chi connectivity index (χ1n) is 46.9. The number of ether oxygens (including phenoxy) is 8. The molecule has 0 aromatic heterocycles. The average Bonchev–Trinajstić information content (AvgIpc) is 0.754. The van der Waals surface area contributed by atoms with Crippen LogP contribution in [0.1, 0.15) is 388 Å². The molecule has 25 nitrogen and oxygen atoms in total. The number of carbonyl (C=O) groups excluding carboxylic acids is 4. The average molecular weight is 1690 g/mol. The molecule has 0 radical (unpaired) electrons. The molecule has 0 amide bonds. The summed E-state index contributed by atoms with van der Waals surface area (Å²) in [6.07, 6.45) is 24.9. The molecule has 0 aromatic carbocycles. The second kappa shape index (κ2) is 68.3. The minimum Gasteiger partial charge on any atom is -0.463 e. The number of hydrogen-bond donors (Lipinski definition) is 10. The maximum absolute atomic E-state index is 14.9. The van der Waals surface area contributed by atoms with Gasteiger partial charge in [-0.15, -0.1) is 0 Å². The monoisotopic (exact) mass is 1690 g/mol. The lowest BCUT2D eigenvalue weighted by molar-refractivity contribution is -0.360. The molecule has 0 aromatic rings. The van der Waals surface area contributed by atoms with E-state index in [9.17, 15) is 74.6 Å². The Balaban J connectivity index is 1.94. The highest BCUT2D eigenvalue weighted by molar-refractivity contribution is 7.47. The first kappa shape index (κ1) is 108. The number of phosphoric ester groups is 1. The Morgan fingerprint density at radius 1 is 0.359 bits per heavy atom. The molecular weight excluding hydrogens is 1520 g/mol.